The van der Waals surface area contributed by atoms with E-state index < -0.39 is 17.8 Å². The third-order valence-corrected chi connectivity index (χ3v) is 1.47. The van der Waals surface area contributed by atoms with E-state index in [0.29, 0.717) is 0 Å². The molecule has 4 heteroatoms. The van der Waals surface area contributed by atoms with Crippen LogP contribution in [0.4, 0.5) is 0 Å². The van der Waals surface area contributed by atoms with Gasteiger partial charge in [0, 0.05) is 0 Å². The predicted octanol–water partition coefficient (Wildman–Crippen LogP) is 0.385. The van der Waals surface area contributed by atoms with E-state index in [2.05, 4.69) is 0 Å². The number of carboxylic acids is 1. The summed E-state index contributed by atoms with van der Waals surface area (Å²) in [7, 11) is 0. The van der Waals surface area contributed by atoms with Crippen LogP contribution in [-0.4, -0.2) is 17.0 Å². The van der Waals surface area contributed by atoms with Gasteiger partial charge in [-0.2, -0.15) is 0 Å². The molecule has 3 N–H and O–H groups in total. The highest BCUT2D eigenvalue weighted by Crippen LogP contribution is 2.12. The molecule has 0 saturated carbocycles. The van der Waals surface area contributed by atoms with E-state index in [1.807, 2.05) is 0 Å². The van der Waals surface area contributed by atoms with Crippen LogP contribution in [0, 0.1) is 11.8 Å². The molecule has 0 aromatic rings. The van der Waals surface area contributed by atoms with Gasteiger partial charge in [-0.1, -0.05) is 19.9 Å². The normalized spacial score (nSPS) is 13.6. The molecule has 0 bridgehead atoms. The lowest BCUT2D eigenvalue weighted by Gasteiger charge is -2.10. The van der Waals surface area contributed by atoms with Crippen LogP contribution in [0.25, 0.3) is 0 Å². The number of carboxylic acid groups (broad SMARTS) is 1. The van der Waals surface area contributed by atoms with Crippen LogP contribution >= 0.6 is 0 Å². The Labute approximate surface area is 71.1 Å². The van der Waals surface area contributed by atoms with Gasteiger partial charge in [0.15, 0.2) is 0 Å². The minimum absolute atomic E-state index is 0.0434. The van der Waals surface area contributed by atoms with Gasteiger partial charge in [0.1, 0.15) is 0 Å². The summed E-state index contributed by atoms with van der Waals surface area (Å²) < 4.78 is 0. The van der Waals surface area contributed by atoms with Gasteiger partial charge in [-0.05, 0) is 12.0 Å². The first-order valence-corrected chi connectivity index (χ1v) is 3.65. The molecule has 1 atom stereocenters. The zero-order valence-corrected chi connectivity index (χ0v) is 7.15. The van der Waals surface area contributed by atoms with Gasteiger partial charge in [0.2, 0.25) is 5.91 Å². The number of hydrogen-bond donors (Lipinski definition) is 2. The Hall–Kier alpha value is -1.32. The van der Waals surface area contributed by atoms with Crippen LogP contribution in [0.1, 0.15) is 13.8 Å². The number of carbonyl (C=O) groups excluding carboxylic acids is 1. The molecule has 12 heavy (non-hydrogen) atoms. The molecule has 0 aromatic carbocycles. The first-order chi connectivity index (χ1) is 5.45. The first-order valence-electron chi connectivity index (χ1n) is 3.65. The van der Waals surface area contributed by atoms with Crippen molar-refractivity contribution in [2.24, 2.45) is 17.6 Å². The van der Waals surface area contributed by atoms with E-state index >= 15 is 0 Å². The quantitative estimate of drug-likeness (QED) is 0.600. The summed E-state index contributed by atoms with van der Waals surface area (Å²) in [4.78, 5) is 20.8. The van der Waals surface area contributed by atoms with Crippen molar-refractivity contribution in [2.75, 3.05) is 0 Å². The van der Waals surface area contributed by atoms with Crippen molar-refractivity contribution in [3.05, 3.63) is 12.2 Å². The second kappa shape index (κ2) is 4.54. The van der Waals surface area contributed by atoms with E-state index in [-0.39, 0.29) is 5.92 Å². The fraction of sp³-hybridized carbons (Fsp3) is 0.500. The van der Waals surface area contributed by atoms with Crippen LogP contribution < -0.4 is 5.73 Å². The van der Waals surface area contributed by atoms with E-state index in [1.165, 1.54) is 6.08 Å². The van der Waals surface area contributed by atoms with Crippen molar-refractivity contribution >= 4 is 11.9 Å². The average Bonchev–Trinajstić information content (AvgIpc) is 1.84. The molecule has 0 aliphatic carbocycles. The molecule has 0 aliphatic heterocycles. The summed E-state index contributed by atoms with van der Waals surface area (Å²) in [5, 5.41) is 8.65. The number of primary amides is 1. The van der Waals surface area contributed by atoms with E-state index in [0.717, 1.165) is 6.08 Å². The van der Waals surface area contributed by atoms with Crippen molar-refractivity contribution in [1.82, 2.24) is 0 Å². The zero-order valence-electron chi connectivity index (χ0n) is 7.15. The van der Waals surface area contributed by atoms with Crippen LogP contribution in [0.3, 0.4) is 0 Å². The van der Waals surface area contributed by atoms with Gasteiger partial charge in [0.05, 0.1) is 5.92 Å². The molecule has 0 rings (SSSR count). The maximum Gasteiger partial charge on any atom is 0.310 e. The molecule has 0 spiro atoms. The number of rotatable bonds is 4. The highest BCUT2D eigenvalue weighted by Gasteiger charge is 2.17. The number of carbonyl (C=O) groups is 2. The topological polar surface area (TPSA) is 80.4 Å². The Morgan fingerprint density at radius 3 is 2.17 bits per heavy atom. The summed E-state index contributed by atoms with van der Waals surface area (Å²) in [5.74, 6) is -2.25. The Balaban J connectivity index is 4.33. The maximum absolute atomic E-state index is 10.6. The summed E-state index contributed by atoms with van der Waals surface area (Å²) in [6.07, 6.45) is 2.40. The standard InChI is InChI=1S/C8H13NO3/c1-5(2)6(8(11)12)3-4-7(9)10/h3-6H,1-2H3,(H2,9,10)(H,11,12). The van der Waals surface area contributed by atoms with Gasteiger partial charge in [-0.3, -0.25) is 9.59 Å². The SMILES string of the molecule is CC(C)C(C=CC(N)=O)C(=O)O. The molecule has 0 fully saturated rings. The van der Waals surface area contributed by atoms with Crippen molar-refractivity contribution < 1.29 is 14.7 Å². The molecular weight excluding hydrogens is 158 g/mol. The third-order valence-electron chi connectivity index (χ3n) is 1.47. The molecule has 0 aliphatic rings. The highest BCUT2D eigenvalue weighted by atomic mass is 16.4. The largest absolute Gasteiger partial charge is 0.481 e. The summed E-state index contributed by atoms with van der Waals surface area (Å²) in [5.41, 5.74) is 4.82. The Bertz CT molecular complexity index is 208. The number of nitrogens with two attached hydrogens (primary N) is 1. The molecule has 0 radical (unpaired) electrons. The van der Waals surface area contributed by atoms with Gasteiger partial charge in [0.25, 0.3) is 0 Å². The number of hydrogen-bond acceptors (Lipinski definition) is 2. The van der Waals surface area contributed by atoms with Crippen molar-refractivity contribution in [3.8, 4) is 0 Å². The maximum atomic E-state index is 10.6. The van der Waals surface area contributed by atoms with Crippen molar-refractivity contribution in [1.29, 1.82) is 0 Å². The van der Waals surface area contributed by atoms with Crippen LogP contribution in [0.5, 0.6) is 0 Å². The van der Waals surface area contributed by atoms with Gasteiger partial charge in [-0.25, -0.2) is 0 Å². The fourth-order valence-electron chi connectivity index (χ4n) is 0.788. The van der Waals surface area contributed by atoms with Crippen LogP contribution in [0.15, 0.2) is 12.2 Å². The Morgan fingerprint density at radius 2 is 1.92 bits per heavy atom. The number of aliphatic carboxylic acids is 1. The molecule has 0 heterocycles. The molecule has 0 saturated heterocycles. The molecule has 0 aromatic heterocycles. The predicted molar refractivity (Wildman–Crippen MR) is 44.3 cm³/mol. The molecular formula is C8H13NO3. The zero-order chi connectivity index (χ0) is 9.72. The lowest BCUT2D eigenvalue weighted by atomic mass is 9.96. The summed E-state index contributed by atoms with van der Waals surface area (Å²) in [6.45, 7) is 3.54. The lowest BCUT2D eigenvalue weighted by molar-refractivity contribution is -0.141. The highest BCUT2D eigenvalue weighted by molar-refractivity contribution is 5.86. The second-order valence-corrected chi connectivity index (χ2v) is 2.87. The van der Waals surface area contributed by atoms with Crippen LogP contribution in [-0.2, 0) is 9.59 Å². The summed E-state index contributed by atoms with van der Waals surface area (Å²) >= 11 is 0. The third kappa shape index (κ3) is 3.75. The fourth-order valence-corrected chi connectivity index (χ4v) is 0.788. The average molecular weight is 171 g/mol. The molecule has 1 unspecified atom stereocenters. The summed E-state index contributed by atoms with van der Waals surface area (Å²) in [6, 6.07) is 0. The first kappa shape index (κ1) is 10.7. The lowest BCUT2D eigenvalue weighted by Crippen LogP contribution is -2.18. The second-order valence-electron chi connectivity index (χ2n) is 2.87. The van der Waals surface area contributed by atoms with Gasteiger partial charge >= 0.3 is 5.97 Å². The molecule has 68 valence electrons. The molecule has 4 nitrogen and oxygen atoms in total. The molecule has 1 amide bonds. The number of amides is 1. The van der Waals surface area contributed by atoms with Gasteiger partial charge < -0.3 is 10.8 Å². The van der Waals surface area contributed by atoms with Crippen LogP contribution in [0.2, 0.25) is 0 Å². The Kier molecular flexibility index (Phi) is 4.04. The minimum atomic E-state index is -0.942. The van der Waals surface area contributed by atoms with Crippen molar-refractivity contribution in [3.63, 3.8) is 0 Å². The minimum Gasteiger partial charge on any atom is -0.481 e. The smallest absolute Gasteiger partial charge is 0.310 e. The van der Waals surface area contributed by atoms with E-state index in [1.54, 1.807) is 13.8 Å². The Morgan fingerprint density at radius 1 is 1.42 bits per heavy atom. The monoisotopic (exact) mass is 171 g/mol. The van der Waals surface area contributed by atoms with E-state index in [4.69, 9.17) is 10.8 Å². The van der Waals surface area contributed by atoms with E-state index in [9.17, 15) is 9.59 Å². The van der Waals surface area contributed by atoms with Gasteiger partial charge in [-0.15, -0.1) is 0 Å². The van der Waals surface area contributed by atoms with Crippen molar-refractivity contribution in [2.45, 2.75) is 13.8 Å².